The molecule has 0 saturated carbocycles. The number of hydrogen-bond donors (Lipinski definition) is 1. The smallest absolute Gasteiger partial charge is 0.0314 e. The maximum atomic E-state index is 5.67. The van der Waals surface area contributed by atoms with Crippen molar-refractivity contribution in [1.29, 1.82) is 0 Å². The summed E-state index contributed by atoms with van der Waals surface area (Å²) in [5.74, 6) is 0.719. The lowest BCUT2D eigenvalue weighted by atomic mass is 10.0. The Kier molecular flexibility index (Phi) is 5.49. The summed E-state index contributed by atoms with van der Waals surface area (Å²) in [6.45, 7) is 8.01. The molecule has 0 aliphatic heterocycles. The normalized spacial score (nSPS) is 13.3. The average Bonchev–Trinajstić information content (AvgIpc) is 2.30. The molecule has 0 spiro atoms. The van der Waals surface area contributed by atoms with Gasteiger partial charge >= 0.3 is 0 Å². The lowest BCUT2D eigenvalue weighted by Gasteiger charge is -2.27. The van der Waals surface area contributed by atoms with Crippen molar-refractivity contribution in [2.75, 3.05) is 19.3 Å². The molecule has 0 saturated heterocycles. The monoisotopic (exact) mass is 234 g/mol. The summed E-state index contributed by atoms with van der Waals surface area (Å²) in [6, 6.07) is 8.87. The Morgan fingerprint density at radius 1 is 1.12 bits per heavy atom. The molecule has 96 valence electrons. The first-order valence-electron chi connectivity index (χ1n) is 6.55. The molecule has 2 heteroatoms. The highest BCUT2D eigenvalue weighted by atomic mass is 15.1. The van der Waals surface area contributed by atoms with E-state index < -0.39 is 0 Å². The minimum Gasteiger partial charge on any atom is -0.399 e. The van der Waals surface area contributed by atoms with Crippen LogP contribution in [0.25, 0.3) is 0 Å². The first kappa shape index (κ1) is 14.0. The highest BCUT2D eigenvalue weighted by molar-refractivity contribution is 5.39. The molecular formula is C15H26N2. The fraction of sp³-hybridized carbons (Fsp3) is 0.600. The van der Waals surface area contributed by atoms with Gasteiger partial charge in [-0.05, 0) is 57.0 Å². The van der Waals surface area contributed by atoms with Gasteiger partial charge in [0.25, 0.3) is 0 Å². The van der Waals surface area contributed by atoms with Gasteiger partial charge in [-0.1, -0.05) is 26.0 Å². The average molecular weight is 234 g/mol. The largest absolute Gasteiger partial charge is 0.399 e. The van der Waals surface area contributed by atoms with Crippen molar-refractivity contribution in [3.05, 3.63) is 29.8 Å². The Labute approximate surface area is 106 Å². The van der Waals surface area contributed by atoms with Crippen molar-refractivity contribution in [1.82, 2.24) is 4.90 Å². The van der Waals surface area contributed by atoms with Crippen LogP contribution in [0.5, 0.6) is 0 Å². The van der Waals surface area contributed by atoms with Gasteiger partial charge in [-0.15, -0.1) is 0 Å². The van der Waals surface area contributed by atoms with E-state index in [1.54, 1.807) is 0 Å². The SMILES string of the molecule is CC(C)C(C)N(C)CCCc1ccc(N)cc1. The highest BCUT2D eigenvalue weighted by Gasteiger charge is 2.11. The second-order valence-corrected chi connectivity index (χ2v) is 5.31. The predicted molar refractivity (Wildman–Crippen MR) is 76.1 cm³/mol. The van der Waals surface area contributed by atoms with Crippen LogP contribution in [0.4, 0.5) is 5.69 Å². The number of nitrogens with zero attached hydrogens (tertiary/aromatic N) is 1. The molecule has 1 aromatic rings. The van der Waals surface area contributed by atoms with Crippen molar-refractivity contribution in [3.63, 3.8) is 0 Å². The number of hydrogen-bond acceptors (Lipinski definition) is 2. The number of nitrogen functional groups attached to an aromatic ring is 1. The van der Waals surface area contributed by atoms with Crippen LogP contribution < -0.4 is 5.73 Å². The molecule has 0 aromatic heterocycles. The zero-order valence-electron chi connectivity index (χ0n) is 11.6. The Morgan fingerprint density at radius 3 is 2.24 bits per heavy atom. The van der Waals surface area contributed by atoms with Crippen LogP contribution in [0.1, 0.15) is 32.8 Å². The summed E-state index contributed by atoms with van der Waals surface area (Å²) >= 11 is 0. The topological polar surface area (TPSA) is 29.3 Å². The Hall–Kier alpha value is -1.02. The Bertz CT molecular complexity index is 316. The van der Waals surface area contributed by atoms with Gasteiger partial charge in [0.15, 0.2) is 0 Å². The molecule has 0 radical (unpaired) electrons. The van der Waals surface area contributed by atoms with Gasteiger partial charge < -0.3 is 10.6 Å². The van der Waals surface area contributed by atoms with Gasteiger partial charge in [-0.25, -0.2) is 0 Å². The van der Waals surface area contributed by atoms with E-state index in [1.807, 2.05) is 12.1 Å². The lowest BCUT2D eigenvalue weighted by Crippen LogP contribution is -2.34. The number of rotatable bonds is 6. The van der Waals surface area contributed by atoms with Gasteiger partial charge in [-0.3, -0.25) is 0 Å². The molecule has 0 aliphatic carbocycles. The van der Waals surface area contributed by atoms with E-state index in [9.17, 15) is 0 Å². The number of nitrogens with two attached hydrogens (primary N) is 1. The molecule has 0 amide bonds. The summed E-state index contributed by atoms with van der Waals surface area (Å²) in [6.07, 6.45) is 2.34. The van der Waals surface area contributed by atoms with Gasteiger partial charge in [0, 0.05) is 11.7 Å². The van der Waals surface area contributed by atoms with E-state index in [2.05, 4.69) is 44.9 Å². The van der Waals surface area contributed by atoms with Crippen molar-refractivity contribution >= 4 is 5.69 Å². The van der Waals surface area contributed by atoms with Crippen LogP contribution in [-0.4, -0.2) is 24.5 Å². The molecule has 1 atom stereocenters. The van der Waals surface area contributed by atoms with E-state index in [-0.39, 0.29) is 0 Å². The van der Waals surface area contributed by atoms with Crippen molar-refractivity contribution in [3.8, 4) is 0 Å². The van der Waals surface area contributed by atoms with Gasteiger partial charge in [0.1, 0.15) is 0 Å². The second kappa shape index (κ2) is 6.65. The molecule has 17 heavy (non-hydrogen) atoms. The molecule has 0 heterocycles. The second-order valence-electron chi connectivity index (χ2n) is 5.31. The van der Waals surface area contributed by atoms with Crippen LogP contribution in [-0.2, 0) is 6.42 Å². The van der Waals surface area contributed by atoms with Crippen LogP contribution in [0, 0.1) is 5.92 Å². The summed E-state index contributed by atoms with van der Waals surface area (Å²) in [5.41, 5.74) is 7.89. The first-order chi connectivity index (χ1) is 8.00. The third kappa shape index (κ3) is 4.78. The lowest BCUT2D eigenvalue weighted by molar-refractivity contribution is 0.206. The number of aryl methyl sites for hydroxylation is 1. The summed E-state index contributed by atoms with van der Waals surface area (Å²) < 4.78 is 0. The summed E-state index contributed by atoms with van der Waals surface area (Å²) in [4.78, 5) is 2.45. The standard InChI is InChI=1S/C15H26N2/c1-12(2)13(3)17(4)11-5-6-14-7-9-15(16)10-8-14/h7-10,12-13H,5-6,11,16H2,1-4H3. The van der Waals surface area contributed by atoms with Crippen molar-refractivity contribution in [2.45, 2.75) is 39.7 Å². The minimum absolute atomic E-state index is 0.654. The van der Waals surface area contributed by atoms with Crippen molar-refractivity contribution in [2.24, 2.45) is 5.92 Å². The van der Waals surface area contributed by atoms with Crippen LogP contribution in [0.15, 0.2) is 24.3 Å². The molecular weight excluding hydrogens is 208 g/mol. The maximum Gasteiger partial charge on any atom is 0.0314 e. The van der Waals surface area contributed by atoms with E-state index >= 15 is 0 Å². The van der Waals surface area contributed by atoms with Crippen LogP contribution in [0.3, 0.4) is 0 Å². The molecule has 1 unspecified atom stereocenters. The van der Waals surface area contributed by atoms with Crippen LogP contribution >= 0.6 is 0 Å². The van der Waals surface area contributed by atoms with Gasteiger partial charge in [-0.2, -0.15) is 0 Å². The molecule has 0 aliphatic rings. The predicted octanol–water partition coefficient (Wildman–Crippen LogP) is 3.18. The fourth-order valence-electron chi connectivity index (χ4n) is 1.93. The Balaban J connectivity index is 2.30. The Morgan fingerprint density at radius 2 is 1.71 bits per heavy atom. The van der Waals surface area contributed by atoms with Crippen molar-refractivity contribution < 1.29 is 0 Å². The van der Waals surface area contributed by atoms with Gasteiger partial charge in [0.2, 0.25) is 0 Å². The van der Waals surface area contributed by atoms with E-state index in [0.29, 0.717) is 6.04 Å². The van der Waals surface area contributed by atoms with E-state index in [4.69, 9.17) is 5.73 Å². The molecule has 0 fully saturated rings. The first-order valence-corrected chi connectivity index (χ1v) is 6.55. The fourth-order valence-corrected chi connectivity index (χ4v) is 1.93. The van der Waals surface area contributed by atoms with Crippen LogP contribution in [0.2, 0.25) is 0 Å². The molecule has 1 rings (SSSR count). The molecule has 1 aromatic carbocycles. The van der Waals surface area contributed by atoms with E-state index in [0.717, 1.165) is 24.6 Å². The quantitative estimate of drug-likeness (QED) is 0.766. The third-order valence-electron chi connectivity index (χ3n) is 3.62. The number of benzene rings is 1. The van der Waals surface area contributed by atoms with E-state index in [1.165, 1.54) is 12.0 Å². The molecule has 2 nitrogen and oxygen atoms in total. The summed E-state index contributed by atoms with van der Waals surface area (Å²) in [5, 5.41) is 0. The zero-order valence-corrected chi connectivity index (χ0v) is 11.6. The molecule has 2 N–H and O–H groups in total. The number of anilines is 1. The third-order valence-corrected chi connectivity index (χ3v) is 3.62. The van der Waals surface area contributed by atoms with Gasteiger partial charge in [0.05, 0.1) is 0 Å². The highest BCUT2D eigenvalue weighted by Crippen LogP contribution is 2.11. The summed E-state index contributed by atoms with van der Waals surface area (Å²) in [7, 11) is 2.22. The zero-order chi connectivity index (χ0) is 12.8. The molecule has 0 bridgehead atoms. The minimum atomic E-state index is 0.654. The maximum absolute atomic E-state index is 5.67.